The van der Waals surface area contributed by atoms with E-state index < -0.39 is 18.1 Å². The third kappa shape index (κ3) is 31.9. The first-order valence-corrected chi connectivity index (χ1v) is 19.1. The van der Waals surface area contributed by atoms with Crippen molar-refractivity contribution in [3.05, 3.63) is 88.6 Å². The molecular formula is C30H46Cl2F3I2N2OPdV2-3. The van der Waals surface area contributed by atoms with Crippen molar-refractivity contribution in [1.29, 1.82) is 0 Å². The molecule has 3 nitrogen and oxygen atoms in total. The molecule has 0 aliphatic carbocycles. The maximum absolute atomic E-state index is 12.0. The van der Waals surface area contributed by atoms with E-state index >= 15 is 0 Å². The molecule has 0 spiro atoms. The van der Waals surface area contributed by atoms with Gasteiger partial charge in [0.05, 0.1) is 6.04 Å². The van der Waals surface area contributed by atoms with Gasteiger partial charge in [-0.15, -0.1) is 0 Å². The largest absolute Gasteiger partial charge is 0 e. The summed E-state index contributed by atoms with van der Waals surface area (Å²) < 4.78 is 36.9. The van der Waals surface area contributed by atoms with Crippen molar-refractivity contribution in [2.24, 2.45) is 5.73 Å². The minimum absolute atomic E-state index is 0. The van der Waals surface area contributed by atoms with Gasteiger partial charge >= 0.3 is 47.1 Å². The van der Waals surface area contributed by atoms with E-state index in [0.29, 0.717) is 5.56 Å². The van der Waals surface area contributed by atoms with Crippen LogP contribution in [0.5, 0.6) is 0 Å². The summed E-state index contributed by atoms with van der Waals surface area (Å²) in [5.74, 6) is -1.92. The third-order valence-electron chi connectivity index (χ3n) is 5.55. The summed E-state index contributed by atoms with van der Waals surface area (Å²) in [5.41, 5.74) is 9.17. The molecule has 2 unspecified atom stereocenters. The van der Waals surface area contributed by atoms with Gasteiger partial charge in [-0.1, -0.05) is 81.8 Å². The van der Waals surface area contributed by atoms with Gasteiger partial charge < -0.3 is 48.5 Å². The van der Waals surface area contributed by atoms with Crippen molar-refractivity contribution in [3.63, 3.8) is 0 Å². The maximum atomic E-state index is 12.0. The second kappa shape index (κ2) is 36.4. The molecule has 0 aliphatic rings. The normalized spacial score (nSPS) is 10.9. The van der Waals surface area contributed by atoms with Gasteiger partial charge in [-0.3, -0.25) is 9.73 Å². The molecule has 13 heteroatoms. The first kappa shape index (κ1) is 56.8. The van der Waals surface area contributed by atoms with Crippen LogP contribution < -0.4 is 11.1 Å². The van der Waals surface area contributed by atoms with Crippen LogP contribution in [-0.4, -0.2) is 12.1 Å². The Balaban J connectivity index is -0.000000128. The van der Waals surface area contributed by atoms with Crippen molar-refractivity contribution >= 4 is 70.1 Å². The molecule has 0 fully saturated rings. The molecule has 0 saturated heterocycles. The molecule has 0 heterocycles. The van der Waals surface area contributed by atoms with E-state index in [1.54, 1.807) is 24.3 Å². The Kier molecular flexibility index (Phi) is 48.1. The molecule has 0 bridgehead atoms. The Morgan fingerprint density at radius 1 is 0.884 bits per heavy atom. The average Bonchev–Trinajstić information content (AvgIpc) is 2.90. The van der Waals surface area contributed by atoms with Crippen LogP contribution in [0.4, 0.5) is 13.2 Å². The summed E-state index contributed by atoms with van der Waals surface area (Å²) in [7, 11) is 9.63. The molecule has 2 rings (SSSR count). The number of unbranched alkanes of at least 4 members (excludes halogenated alkanes) is 6. The Labute approximate surface area is 327 Å². The molecule has 2 atom stereocenters. The fourth-order valence-electron chi connectivity index (χ4n) is 3.39. The number of carbonyl (C=O) groups excluding carboxylic acids is 1. The number of aryl methyl sites for hydroxylation is 1. The SMILES string of the molecule is CC(NC(=O)C(F)(F)F)c1ccc(I)cc1.CCCCCCCCCc1ccc(C(C)N)cc1.[CH2-]I.[CH3-].[CH3-].[Cl][Pd][Cl].[V].[V]. The van der Waals surface area contributed by atoms with Gasteiger partial charge in [-0.2, -0.15) is 13.2 Å². The number of nitrogens with one attached hydrogen (secondary N) is 1. The van der Waals surface area contributed by atoms with E-state index in [0.717, 1.165) is 3.57 Å². The number of halogens is 7. The molecule has 2 aromatic rings. The fraction of sp³-hybridized carbons (Fsp3) is 0.467. The van der Waals surface area contributed by atoms with Crippen molar-refractivity contribution in [1.82, 2.24) is 5.32 Å². The van der Waals surface area contributed by atoms with Crippen LogP contribution in [0, 0.1) is 23.4 Å². The van der Waals surface area contributed by atoms with Gasteiger partial charge in [0.15, 0.2) is 0 Å². The summed E-state index contributed by atoms with van der Waals surface area (Å²) in [6, 6.07) is 15.2. The molecule has 0 saturated carbocycles. The molecule has 254 valence electrons. The van der Waals surface area contributed by atoms with Crippen molar-refractivity contribution in [2.75, 3.05) is 0 Å². The first-order valence-electron chi connectivity index (χ1n) is 12.5. The van der Waals surface area contributed by atoms with Crippen LogP contribution in [0.2, 0.25) is 0 Å². The zero-order valence-electron chi connectivity index (χ0n) is 25.5. The maximum Gasteiger partial charge on any atom is 0 e. The summed E-state index contributed by atoms with van der Waals surface area (Å²) in [5, 5.41) is 1.89. The number of rotatable bonds is 11. The number of amides is 1. The van der Waals surface area contributed by atoms with E-state index in [-0.39, 0.29) is 73.9 Å². The van der Waals surface area contributed by atoms with E-state index in [1.165, 1.54) is 69.4 Å². The molecule has 0 aliphatic heterocycles. The van der Waals surface area contributed by atoms with Gasteiger partial charge in [0.2, 0.25) is 0 Å². The molecule has 0 aromatic heterocycles. The van der Waals surface area contributed by atoms with E-state index in [4.69, 9.17) is 24.8 Å². The Morgan fingerprint density at radius 2 is 1.28 bits per heavy atom. The zero-order valence-corrected chi connectivity index (χ0v) is 35.7. The summed E-state index contributed by atoms with van der Waals surface area (Å²) in [4.78, 5) is 13.9. The number of hydrogen-bond acceptors (Lipinski definition) is 2. The Morgan fingerprint density at radius 3 is 1.67 bits per heavy atom. The molecule has 2 aromatic carbocycles. The van der Waals surface area contributed by atoms with Crippen LogP contribution in [0.1, 0.15) is 94.5 Å². The van der Waals surface area contributed by atoms with Crippen molar-refractivity contribution in [3.8, 4) is 0 Å². The average molecular weight is 1040 g/mol. The molecule has 3 N–H and O–H groups in total. The zero-order chi connectivity index (χ0) is 30.3. The fourth-order valence-corrected chi connectivity index (χ4v) is 3.75. The minimum Gasteiger partial charge on any atom is 0 e. The van der Waals surface area contributed by atoms with Gasteiger partial charge in [-0.25, -0.2) is 0 Å². The number of hydrogen-bond donors (Lipinski definition) is 2. The van der Waals surface area contributed by atoms with Crippen LogP contribution in [0.25, 0.3) is 0 Å². The number of nitrogens with two attached hydrogens (primary N) is 1. The quantitative estimate of drug-likeness (QED) is 0.102. The first-order chi connectivity index (χ1) is 18.5. The molecule has 43 heavy (non-hydrogen) atoms. The number of alkyl halides is 3. The summed E-state index contributed by atoms with van der Waals surface area (Å²) in [6.45, 7) is 5.81. The van der Waals surface area contributed by atoms with E-state index in [9.17, 15) is 18.0 Å². The summed E-state index contributed by atoms with van der Waals surface area (Å²) in [6.07, 6.45) is 6.05. The minimum atomic E-state index is -4.84. The van der Waals surface area contributed by atoms with Crippen molar-refractivity contribution in [2.45, 2.75) is 90.4 Å². The van der Waals surface area contributed by atoms with E-state index in [1.807, 2.05) is 34.8 Å². The van der Waals surface area contributed by atoms with Gasteiger partial charge in [0, 0.05) is 46.7 Å². The predicted octanol–water partition coefficient (Wildman–Crippen LogP) is 11.5. The van der Waals surface area contributed by atoms with Crippen LogP contribution >= 0.6 is 64.2 Å². The molecule has 2 radical (unpaired) electrons. The van der Waals surface area contributed by atoms with Crippen LogP contribution in [-0.2, 0) is 64.3 Å². The summed E-state index contributed by atoms with van der Waals surface area (Å²) >= 11 is 3.89. The second-order valence-corrected chi connectivity index (χ2v) is 12.3. The molecule has 1 amide bonds. The number of benzene rings is 2. The predicted molar refractivity (Wildman–Crippen MR) is 186 cm³/mol. The van der Waals surface area contributed by atoms with Crippen LogP contribution in [0.15, 0.2) is 48.5 Å². The van der Waals surface area contributed by atoms with Crippen molar-refractivity contribution < 1.29 is 71.0 Å². The topological polar surface area (TPSA) is 55.1 Å². The standard InChI is InChI=1S/C17H29N.C10H9F3INO.CH2I.2CH3.2ClH.Pd.2V/c1-3-4-5-6-7-8-9-10-16-11-13-17(14-12-16)15(2)18;1-6(15-9(16)10(11,12)13)7-2-4-8(14)5-3-7;1-2;;;;;;;/h11-15H,3-10,18H2,1-2H3;2-6H,1H3,(H,15,16);1H2;2*1H3;2*1H;;;/q;;3*-1;;;+2;;/p-2. The third-order valence-corrected chi connectivity index (χ3v) is 6.27. The Hall–Kier alpha value is 1.53. The van der Waals surface area contributed by atoms with Gasteiger partial charge in [0.1, 0.15) is 0 Å². The van der Waals surface area contributed by atoms with E-state index in [2.05, 4.69) is 58.7 Å². The van der Waals surface area contributed by atoms with Crippen LogP contribution in [0.3, 0.4) is 0 Å². The smallest absolute Gasteiger partial charge is 0 e. The Bertz CT molecular complexity index is 872. The van der Waals surface area contributed by atoms with Gasteiger partial charge in [-0.05, 0) is 78.1 Å². The monoisotopic (exact) mass is 1040 g/mol. The number of carbonyl (C=O) groups is 1. The second-order valence-electron chi connectivity index (χ2n) is 8.69. The van der Waals surface area contributed by atoms with Gasteiger partial charge in [0.25, 0.3) is 0 Å². The molecular weight excluding hydrogens is 994 g/mol.